The maximum Gasteiger partial charge on any atom is 0.282 e. The SMILES string of the molecule is CC(C)CCn1nc(C(F)F)c(CCl)c1Cl. The minimum atomic E-state index is -2.63. The van der Waals surface area contributed by atoms with Crippen molar-refractivity contribution in [3.8, 4) is 0 Å². The van der Waals surface area contributed by atoms with Crippen LogP contribution in [0.4, 0.5) is 8.78 Å². The van der Waals surface area contributed by atoms with Crippen LogP contribution in [-0.2, 0) is 12.4 Å². The Morgan fingerprint density at radius 1 is 1.38 bits per heavy atom. The smallest absolute Gasteiger partial charge is 0.253 e. The summed E-state index contributed by atoms with van der Waals surface area (Å²) in [5.41, 5.74) is -0.0640. The van der Waals surface area contributed by atoms with Crippen molar-refractivity contribution in [2.24, 2.45) is 5.92 Å². The van der Waals surface area contributed by atoms with E-state index in [0.717, 1.165) is 6.42 Å². The Labute approximate surface area is 104 Å². The molecule has 0 spiro atoms. The lowest BCUT2D eigenvalue weighted by atomic mass is 10.1. The van der Waals surface area contributed by atoms with Gasteiger partial charge in [0.1, 0.15) is 10.8 Å². The highest BCUT2D eigenvalue weighted by atomic mass is 35.5. The van der Waals surface area contributed by atoms with E-state index in [1.54, 1.807) is 0 Å². The Bertz CT molecular complexity index is 351. The van der Waals surface area contributed by atoms with E-state index < -0.39 is 6.43 Å². The van der Waals surface area contributed by atoms with Crippen molar-refractivity contribution < 1.29 is 8.78 Å². The van der Waals surface area contributed by atoms with Crippen molar-refractivity contribution in [3.63, 3.8) is 0 Å². The van der Waals surface area contributed by atoms with Gasteiger partial charge >= 0.3 is 0 Å². The number of aromatic nitrogens is 2. The van der Waals surface area contributed by atoms with Gasteiger partial charge in [0.05, 0.1) is 5.88 Å². The normalized spacial score (nSPS) is 11.8. The summed E-state index contributed by atoms with van der Waals surface area (Å²) in [7, 11) is 0. The van der Waals surface area contributed by atoms with Gasteiger partial charge in [-0.05, 0) is 12.3 Å². The minimum absolute atomic E-state index is 0.0415. The fourth-order valence-corrected chi connectivity index (χ4v) is 1.94. The van der Waals surface area contributed by atoms with Crippen LogP contribution in [0, 0.1) is 5.92 Å². The first-order valence-electron chi connectivity index (χ1n) is 5.06. The van der Waals surface area contributed by atoms with Crippen molar-refractivity contribution in [1.82, 2.24) is 9.78 Å². The predicted molar refractivity (Wildman–Crippen MR) is 61.2 cm³/mol. The zero-order valence-electron chi connectivity index (χ0n) is 9.18. The molecule has 0 atom stereocenters. The summed E-state index contributed by atoms with van der Waals surface area (Å²) < 4.78 is 26.6. The van der Waals surface area contributed by atoms with Gasteiger partial charge < -0.3 is 0 Å². The first-order valence-corrected chi connectivity index (χ1v) is 5.97. The Balaban J connectivity index is 2.94. The second-order valence-electron chi connectivity index (χ2n) is 3.99. The van der Waals surface area contributed by atoms with Gasteiger partial charge in [0.15, 0.2) is 0 Å². The number of aryl methyl sites for hydroxylation is 1. The second-order valence-corrected chi connectivity index (χ2v) is 4.62. The lowest BCUT2D eigenvalue weighted by Gasteiger charge is -2.05. The van der Waals surface area contributed by atoms with Crippen molar-refractivity contribution in [2.75, 3.05) is 0 Å². The van der Waals surface area contributed by atoms with Crippen LogP contribution in [0.2, 0.25) is 5.15 Å². The predicted octanol–water partition coefficient (Wildman–Crippen LogP) is 4.26. The second kappa shape index (κ2) is 5.82. The van der Waals surface area contributed by atoms with Crippen LogP contribution in [0.3, 0.4) is 0 Å². The van der Waals surface area contributed by atoms with Gasteiger partial charge in [-0.15, -0.1) is 11.6 Å². The van der Waals surface area contributed by atoms with E-state index in [-0.39, 0.29) is 22.3 Å². The largest absolute Gasteiger partial charge is 0.282 e. The highest BCUT2D eigenvalue weighted by Crippen LogP contribution is 2.29. The number of halogens is 4. The summed E-state index contributed by atoms with van der Waals surface area (Å²) >= 11 is 11.5. The average molecular weight is 271 g/mol. The molecular weight excluding hydrogens is 257 g/mol. The van der Waals surface area contributed by atoms with Gasteiger partial charge in [-0.1, -0.05) is 25.4 Å². The third-order valence-electron chi connectivity index (χ3n) is 2.27. The number of nitrogens with zero attached hydrogens (tertiary/aromatic N) is 2. The third-order valence-corrected chi connectivity index (χ3v) is 2.96. The van der Waals surface area contributed by atoms with Gasteiger partial charge in [0.2, 0.25) is 0 Å². The van der Waals surface area contributed by atoms with Gasteiger partial charge in [0, 0.05) is 12.1 Å². The van der Waals surface area contributed by atoms with E-state index in [1.165, 1.54) is 4.68 Å². The quantitative estimate of drug-likeness (QED) is 0.731. The molecule has 0 saturated carbocycles. The monoisotopic (exact) mass is 270 g/mol. The Morgan fingerprint density at radius 3 is 2.38 bits per heavy atom. The fourth-order valence-electron chi connectivity index (χ4n) is 1.32. The van der Waals surface area contributed by atoms with Crippen LogP contribution in [-0.4, -0.2) is 9.78 Å². The molecule has 16 heavy (non-hydrogen) atoms. The maximum absolute atomic E-state index is 12.6. The molecule has 1 aromatic heterocycles. The van der Waals surface area contributed by atoms with E-state index in [9.17, 15) is 8.78 Å². The Morgan fingerprint density at radius 2 is 2.00 bits per heavy atom. The maximum atomic E-state index is 12.6. The third kappa shape index (κ3) is 3.08. The molecule has 6 heteroatoms. The molecule has 0 N–H and O–H groups in total. The van der Waals surface area contributed by atoms with Gasteiger partial charge in [-0.2, -0.15) is 5.10 Å². The molecule has 0 amide bonds. The fraction of sp³-hybridized carbons (Fsp3) is 0.700. The molecule has 0 radical (unpaired) electrons. The Kier molecular flexibility index (Phi) is 4.99. The summed E-state index contributed by atoms with van der Waals surface area (Å²) in [5.74, 6) is 0.426. The molecule has 0 aliphatic heterocycles. The summed E-state index contributed by atoms with van der Waals surface area (Å²) in [6.45, 7) is 4.63. The standard InChI is InChI=1S/C10H14Cl2F2N2/c1-6(2)3-4-16-9(12)7(5-11)8(15-16)10(13)14/h6,10H,3-5H2,1-2H3. The molecule has 1 rings (SSSR count). The molecule has 0 fully saturated rings. The van der Waals surface area contributed by atoms with Crippen molar-refractivity contribution in [1.29, 1.82) is 0 Å². The van der Waals surface area contributed by atoms with Crippen LogP contribution < -0.4 is 0 Å². The number of hydrogen-bond donors (Lipinski definition) is 0. The molecule has 0 bridgehead atoms. The highest BCUT2D eigenvalue weighted by Gasteiger charge is 2.22. The summed E-state index contributed by atoms with van der Waals surface area (Å²) in [6, 6.07) is 0. The highest BCUT2D eigenvalue weighted by molar-refractivity contribution is 6.31. The molecule has 1 heterocycles. The zero-order chi connectivity index (χ0) is 12.3. The lowest BCUT2D eigenvalue weighted by Crippen LogP contribution is -2.04. The summed E-state index contributed by atoms with van der Waals surface area (Å²) in [4.78, 5) is 0. The van der Waals surface area contributed by atoms with Crippen LogP contribution in [0.15, 0.2) is 0 Å². The van der Waals surface area contributed by atoms with Crippen LogP contribution in [0.1, 0.15) is 38.0 Å². The van der Waals surface area contributed by atoms with Crippen LogP contribution >= 0.6 is 23.2 Å². The first-order chi connectivity index (χ1) is 7.47. The van der Waals surface area contributed by atoms with E-state index in [4.69, 9.17) is 23.2 Å². The molecular formula is C10H14Cl2F2N2. The molecule has 1 aromatic rings. The van der Waals surface area contributed by atoms with Gasteiger partial charge in [-0.3, -0.25) is 4.68 Å². The number of hydrogen-bond acceptors (Lipinski definition) is 1. The zero-order valence-corrected chi connectivity index (χ0v) is 10.7. The van der Waals surface area contributed by atoms with E-state index >= 15 is 0 Å². The molecule has 2 nitrogen and oxygen atoms in total. The lowest BCUT2D eigenvalue weighted by molar-refractivity contribution is 0.144. The minimum Gasteiger partial charge on any atom is -0.253 e. The first kappa shape index (κ1) is 13.7. The molecule has 92 valence electrons. The summed E-state index contributed by atoms with van der Waals surface area (Å²) in [5, 5.41) is 4.03. The van der Waals surface area contributed by atoms with Gasteiger partial charge in [-0.25, -0.2) is 8.78 Å². The molecule has 0 saturated heterocycles. The number of alkyl halides is 3. The number of rotatable bonds is 5. The van der Waals surface area contributed by atoms with Crippen LogP contribution in [0.25, 0.3) is 0 Å². The molecule has 0 aromatic carbocycles. The molecule has 0 unspecified atom stereocenters. The van der Waals surface area contributed by atoms with E-state index in [2.05, 4.69) is 5.10 Å². The van der Waals surface area contributed by atoms with Crippen molar-refractivity contribution in [2.45, 2.75) is 39.1 Å². The van der Waals surface area contributed by atoms with E-state index in [1.807, 2.05) is 13.8 Å². The molecule has 0 aliphatic rings. The molecule has 0 aliphatic carbocycles. The topological polar surface area (TPSA) is 17.8 Å². The summed E-state index contributed by atoms with van der Waals surface area (Å²) in [6.07, 6.45) is -1.79. The van der Waals surface area contributed by atoms with Gasteiger partial charge in [0.25, 0.3) is 6.43 Å². The Hall–Kier alpha value is -0.350. The van der Waals surface area contributed by atoms with Crippen molar-refractivity contribution >= 4 is 23.2 Å². The van der Waals surface area contributed by atoms with E-state index in [0.29, 0.717) is 12.5 Å². The van der Waals surface area contributed by atoms with Crippen LogP contribution in [0.5, 0.6) is 0 Å². The average Bonchev–Trinajstić information content (AvgIpc) is 2.52. The van der Waals surface area contributed by atoms with Crippen molar-refractivity contribution in [3.05, 3.63) is 16.4 Å².